The highest BCUT2D eigenvalue weighted by atomic mass is 16.6. The standard InChI is InChI=1S/C16H22N6O2/c1-4-16-8-20(5-6-21(16)15(23)24-9-16)13-7-12(11(2)3)19-22-10-17-18-14(13)22/h7,10-11H,4-6,8-9H2,1-3H3. The van der Waals surface area contributed by atoms with E-state index in [4.69, 9.17) is 4.74 Å². The minimum absolute atomic E-state index is 0.193. The summed E-state index contributed by atoms with van der Waals surface area (Å²) in [5, 5.41) is 12.8. The summed E-state index contributed by atoms with van der Waals surface area (Å²) in [6, 6.07) is 2.10. The van der Waals surface area contributed by atoms with Crippen molar-refractivity contribution < 1.29 is 9.53 Å². The summed E-state index contributed by atoms with van der Waals surface area (Å²) in [5.41, 5.74) is 2.53. The van der Waals surface area contributed by atoms with E-state index in [2.05, 4.69) is 47.0 Å². The fraction of sp³-hybridized carbons (Fsp3) is 0.625. The first-order valence-corrected chi connectivity index (χ1v) is 8.44. The van der Waals surface area contributed by atoms with Gasteiger partial charge in [-0.25, -0.2) is 4.79 Å². The van der Waals surface area contributed by atoms with Crippen molar-refractivity contribution in [3.63, 3.8) is 0 Å². The van der Waals surface area contributed by atoms with E-state index >= 15 is 0 Å². The molecule has 0 saturated carbocycles. The van der Waals surface area contributed by atoms with E-state index in [9.17, 15) is 4.79 Å². The number of hydrogen-bond acceptors (Lipinski definition) is 6. The molecule has 1 amide bonds. The maximum absolute atomic E-state index is 12.0. The van der Waals surface area contributed by atoms with Crippen molar-refractivity contribution in [2.45, 2.75) is 38.6 Å². The lowest BCUT2D eigenvalue weighted by molar-refractivity contribution is 0.137. The Hall–Kier alpha value is -2.38. The number of piperazine rings is 1. The van der Waals surface area contributed by atoms with Gasteiger partial charge in [-0.15, -0.1) is 10.2 Å². The summed E-state index contributed by atoms with van der Waals surface area (Å²) in [6.45, 7) is 8.95. The Bertz CT molecular complexity index is 788. The molecule has 0 spiro atoms. The summed E-state index contributed by atoms with van der Waals surface area (Å²) in [4.78, 5) is 16.2. The Kier molecular flexibility index (Phi) is 3.36. The fourth-order valence-electron chi connectivity index (χ4n) is 3.61. The summed E-state index contributed by atoms with van der Waals surface area (Å²) in [5.74, 6) is 0.313. The van der Waals surface area contributed by atoms with Crippen LogP contribution in [0.3, 0.4) is 0 Å². The lowest BCUT2D eigenvalue weighted by atomic mass is 9.92. The maximum Gasteiger partial charge on any atom is 0.410 e. The number of amides is 1. The Labute approximate surface area is 140 Å². The number of cyclic esters (lactones) is 1. The summed E-state index contributed by atoms with van der Waals surface area (Å²) in [6.07, 6.45) is 2.31. The first-order valence-electron chi connectivity index (χ1n) is 8.44. The monoisotopic (exact) mass is 330 g/mol. The molecule has 8 heteroatoms. The molecule has 2 aromatic heterocycles. The van der Waals surface area contributed by atoms with Gasteiger partial charge in [-0.1, -0.05) is 20.8 Å². The van der Waals surface area contributed by atoms with Gasteiger partial charge in [0.1, 0.15) is 12.9 Å². The van der Waals surface area contributed by atoms with Crippen molar-refractivity contribution in [1.29, 1.82) is 0 Å². The highest BCUT2D eigenvalue weighted by Gasteiger charge is 2.49. The molecule has 4 heterocycles. The van der Waals surface area contributed by atoms with Gasteiger partial charge in [0.05, 0.1) is 16.9 Å². The van der Waals surface area contributed by atoms with E-state index in [0.717, 1.165) is 36.5 Å². The molecule has 2 saturated heterocycles. The van der Waals surface area contributed by atoms with Crippen LogP contribution < -0.4 is 4.90 Å². The molecule has 0 radical (unpaired) electrons. The SMILES string of the molecule is CCC12COC(=O)N1CCN(c1cc(C(C)C)nn3cnnc13)C2. The average molecular weight is 330 g/mol. The number of rotatable bonds is 3. The zero-order valence-electron chi connectivity index (χ0n) is 14.3. The van der Waals surface area contributed by atoms with E-state index in [0.29, 0.717) is 19.1 Å². The van der Waals surface area contributed by atoms with Crippen LogP contribution in [0.15, 0.2) is 12.4 Å². The van der Waals surface area contributed by atoms with Crippen LogP contribution in [0.4, 0.5) is 10.5 Å². The quantitative estimate of drug-likeness (QED) is 0.852. The molecule has 1 atom stereocenters. The van der Waals surface area contributed by atoms with Gasteiger partial charge in [0, 0.05) is 19.6 Å². The summed E-state index contributed by atoms with van der Waals surface area (Å²) in [7, 11) is 0. The molecule has 2 aliphatic rings. The molecule has 2 aromatic rings. The Balaban J connectivity index is 1.75. The predicted octanol–water partition coefficient (Wildman–Crippen LogP) is 1.67. The third-order valence-corrected chi connectivity index (χ3v) is 5.19. The highest BCUT2D eigenvalue weighted by molar-refractivity contribution is 5.74. The number of carbonyl (C=O) groups is 1. The normalized spacial score (nSPS) is 23.9. The van der Waals surface area contributed by atoms with Crippen LogP contribution in [-0.4, -0.2) is 62.6 Å². The van der Waals surface area contributed by atoms with Gasteiger partial charge < -0.3 is 9.64 Å². The van der Waals surface area contributed by atoms with E-state index in [-0.39, 0.29) is 11.6 Å². The fourth-order valence-corrected chi connectivity index (χ4v) is 3.61. The highest BCUT2D eigenvalue weighted by Crippen LogP contribution is 2.35. The Morgan fingerprint density at radius 3 is 2.96 bits per heavy atom. The van der Waals surface area contributed by atoms with Crippen molar-refractivity contribution in [1.82, 2.24) is 24.7 Å². The molecular formula is C16H22N6O2. The molecule has 8 nitrogen and oxygen atoms in total. The molecule has 2 aliphatic heterocycles. The van der Waals surface area contributed by atoms with Gasteiger partial charge in [0.2, 0.25) is 5.65 Å². The van der Waals surface area contributed by atoms with Crippen LogP contribution in [0.2, 0.25) is 0 Å². The molecule has 24 heavy (non-hydrogen) atoms. The van der Waals surface area contributed by atoms with Crippen molar-refractivity contribution in [3.05, 3.63) is 18.1 Å². The molecule has 0 N–H and O–H groups in total. The van der Waals surface area contributed by atoms with Crippen molar-refractivity contribution in [2.75, 3.05) is 31.1 Å². The van der Waals surface area contributed by atoms with Gasteiger partial charge in [-0.3, -0.25) is 4.90 Å². The number of anilines is 1. The first-order chi connectivity index (χ1) is 11.5. The molecule has 128 valence electrons. The lowest BCUT2D eigenvalue weighted by Crippen LogP contribution is -2.61. The Morgan fingerprint density at radius 2 is 2.21 bits per heavy atom. The largest absolute Gasteiger partial charge is 0.447 e. The zero-order valence-corrected chi connectivity index (χ0v) is 14.3. The smallest absolute Gasteiger partial charge is 0.410 e. The topological polar surface area (TPSA) is 75.9 Å². The minimum Gasteiger partial charge on any atom is -0.447 e. The lowest BCUT2D eigenvalue weighted by Gasteiger charge is -2.45. The average Bonchev–Trinajstić information content (AvgIpc) is 3.18. The second-order valence-corrected chi connectivity index (χ2v) is 6.91. The van der Waals surface area contributed by atoms with E-state index in [1.807, 2.05) is 4.90 Å². The van der Waals surface area contributed by atoms with Gasteiger partial charge in [-0.05, 0) is 18.4 Å². The molecule has 0 aromatic carbocycles. The molecular weight excluding hydrogens is 308 g/mol. The predicted molar refractivity (Wildman–Crippen MR) is 88.2 cm³/mol. The van der Waals surface area contributed by atoms with Crippen LogP contribution in [0, 0.1) is 0 Å². The van der Waals surface area contributed by atoms with E-state index < -0.39 is 0 Å². The number of ether oxygens (including phenoxy) is 1. The van der Waals surface area contributed by atoms with Crippen molar-refractivity contribution in [2.24, 2.45) is 0 Å². The summed E-state index contributed by atoms with van der Waals surface area (Å²) >= 11 is 0. The second kappa shape index (κ2) is 5.32. The first kappa shape index (κ1) is 15.2. The number of aromatic nitrogens is 4. The van der Waals surface area contributed by atoms with Crippen LogP contribution in [0.25, 0.3) is 5.65 Å². The van der Waals surface area contributed by atoms with Crippen LogP contribution in [-0.2, 0) is 4.74 Å². The Morgan fingerprint density at radius 1 is 1.38 bits per heavy atom. The van der Waals surface area contributed by atoms with Gasteiger partial charge >= 0.3 is 6.09 Å². The number of hydrogen-bond donors (Lipinski definition) is 0. The molecule has 1 unspecified atom stereocenters. The molecule has 4 rings (SSSR count). The molecule has 0 bridgehead atoms. The van der Waals surface area contributed by atoms with Crippen LogP contribution in [0.5, 0.6) is 0 Å². The van der Waals surface area contributed by atoms with Gasteiger partial charge in [0.15, 0.2) is 0 Å². The second-order valence-electron chi connectivity index (χ2n) is 6.91. The zero-order chi connectivity index (χ0) is 16.9. The van der Waals surface area contributed by atoms with Crippen LogP contribution >= 0.6 is 0 Å². The number of fused-ring (bicyclic) bond motifs is 2. The van der Waals surface area contributed by atoms with E-state index in [1.54, 1.807) is 10.8 Å². The van der Waals surface area contributed by atoms with Crippen molar-refractivity contribution in [3.8, 4) is 0 Å². The molecule has 2 fully saturated rings. The van der Waals surface area contributed by atoms with Gasteiger partial charge in [0.25, 0.3) is 0 Å². The molecule has 0 aliphatic carbocycles. The van der Waals surface area contributed by atoms with Crippen LogP contribution in [0.1, 0.15) is 38.8 Å². The number of carbonyl (C=O) groups excluding carboxylic acids is 1. The third-order valence-electron chi connectivity index (χ3n) is 5.19. The van der Waals surface area contributed by atoms with E-state index in [1.165, 1.54) is 0 Å². The summed E-state index contributed by atoms with van der Waals surface area (Å²) < 4.78 is 7.07. The minimum atomic E-state index is -0.256. The van der Waals surface area contributed by atoms with Crippen molar-refractivity contribution >= 4 is 17.4 Å². The third kappa shape index (κ3) is 2.12. The maximum atomic E-state index is 12.0. The van der Waals surface area contributed by atoms with Gasteiger partial charge in [-0.2, -0.15) is 9.61 Å². The number of nitrogens with zero attached hydrogens (tertiary/aromatic N) is 6.